The van der Waals surface area contributed by atoms with Crippen molar-refractivity contribution in [3.8, 4) is 0 Å². The van der Waals surface area contributed by atoms with Crippen LogP contribution in [0.25, 0.3) is 0 Å². The van der Waals surface area contributed by atoms with E-state index in [2.05, 4.69) is 22.0 Å². The molecule has 0 aliphatic carbocycles. The average Bonchev–Trinajstić information content (AvgIpc) is 3.08. The van der Waals surface area contributed by atoms with Gasteiger partial charge in [-0.25, -0.2) is 13.4 Å². The third kappa shape index (κ3) is 5.67. The Kier molecular flexibility index (Phi) is 7.68. The molecule has 0 N–H and O–H groups in total. The largest absolute Gasteiger partial charge is 0.318 e. The van der Waals surface area contributed by atoms with Gasteiger partial charge in [0.2, 0.25) is 15.0 Å². The lowest BCUT2D eigenvalue weighted by Gasteiger charge is -2.25. The fraction of sp³-hybridized carbons (Fsp3) is 0.591. The van der Waals surface area contributed by atoms with E-state index in [4.69, 9.17) is 0 Å². The van der Waals surface area contributed by atoms with Crippen LogP contribution in [0.3, 0.4) is 0 Å². The number of sulfone groups is 1. The van der Waals surface area contributed by atoms with Crippen LogP contribution in [-0.4, -0.2) is 41.7 Å². The molecule has 1 aliphatic heterocycles. The summed E-state index contributed by atoms with van der Waals surface area (Å²) in [7, 11) is -3.32. The van der Waals surface area contributed by atoms with Gasteiger partial charge in [0.25, 0.3) is 0 Å². The van der Waals surface area contributed by atoms with Crippen molar-refractivity contribution in [2.45, 2.75) is 70.1 Å². The van der Waals surface area contributed by atoms with Crippen molar-refractivity contribution in [2.24, 2.45) is 0 Å². The molecule has 0 unspecified atom stereocenters. The Labute approximate surface area is 169 Å². The summed E-state index contributed by atoms with van der Waals surface area (Å²) >= 11 is 0. The molecule has 2 heterocycles. The maximum Gasteiger partial charge on any atom is 0.227 e. The molecule has 1 aromatic heterocycles. The second-order valence-corrected chi connectivity index (χ2v) is 9.89. The normalized spacial score (nSPS) is 16.6. The smallest absolute Gasteiger partial charge is 0.227 e. The van der Waals surface area contributed by atoms with Gasteiger partial charge in [0.05, 0.1) is 17.6 Å². The number of rotatable bonds is 8. The van der Waals surface area contributed by atoms with Gasteiger partial charge in [-0.1, -0.05) is 56.5 Å². The van der Waals surface area contributed by atoms with Gasteiger partial charge in [-0.05, 0) is 44.3 Å². The molecule has 0 spiro atoms. The van der Waals surface area contributed by atoms with Crippen molar-refractivity contribution >= 4 is 9.84 Å². The first-order valence-corrected chi connectivity index (χ1v) is 12.3. The van der Waals surface area contributed by atoms with Crippen LogP contribution >= 0.6 is 0 Å². The first kappa shape index (κ1) is 21.1. The number of nitrogens with zero attached hydrogens (tertiary/aromatic N) is 3. The molecular formula is C22H33N3O2S. The van der Waals surface area contributed by atoms with Crippen molar-refractivity contribution in [1.82, 2.24) is 14.5 Å². The van der Waals surface area contributed by atoms with Crippen LogP contribution in [-0.2, 0) is 29.3 Å². The van der Waals surface area contributed by atoms with Gasteiger partial charge in [0.1, 0.15) is 0 Å². The molecule has 0 saturated carbocycles. The van der Waals surface area contributed by atoms with E-state index < -0.39 is 9.84 Å². The van der Waals surface area contributed by atoms with Crippen LogP contribution < -0.4 is 0 Å². The van der Waals surface area contributed by atoms with Gasteiger partial charge in [0, 0.05) is 13.1 Å². The van der Waals surface area contributed by atoms with Gasteiger partial charge in [0.15, 0.2) is 0 Å². The van der Waals surface area contributed by atoms with Crippen molar-refractivity contribution < 1.29 is 8.42 Å². The monoisotopic (exact) mass is 403 g/mol. The van der Waals surface area contributed by atoms with Crippen molar-refractivity contribution in [2.75, 3.05) is 18.8 Å². The van der Waals surface area contributed by atoms with Crippen LogP contribution in [0.15, 0.2) is 41.7 Å². The Morgan fingerprint density at radius 1 is 1.00 bits per heavy atom. The lowest BCUT2D eigenvalue weighted by atomic mass is 10.1. The average molecular weight is 404 g/mol. The number of hydrogen-bond donors (Lipinski definition) is 0. The summed E-state index contributed by atoms with van der Waals surface area (Å²) in [5, 5.41) is 0.241. The zero-order chi connectivity index (χ0) is 19.8. The summed E-state index contributed by atoms with van der Waals surface area (Å²) in [4.78, 5) is 6.80. The fourth-order valence-electron chi connectivity index (χ4n) is 3.92. The number of benzene rings is 1. The summed E-state index contributed by atoms with van der Waals surface area (Å²) in [5.41, 5.74) is 2.31. The van der Waals surface area contributed by atoms with E-state index in [9.17, 15) is 8.42 Å². The predicted octanol–water partition coefficient (Wildman–Crippen LogP) is 4.08. The van der Waals surface area contributed by atoms with Crippen molar-refractivity contribution in [3.63, 3.8) is 0 Å². The molecule has 0 amide bonds. The molecule has 2 aromatic rings. The number of likely N-dealkylation sites (tertiary alicyclic amines) is 1. The van der Waals surface area contributed by atoms with Crippen LogP contribution in [0.1, 0.15) is 56.7 Å². The highest BCUT2D eigenvalue weighted by Crippen LogP contribution is 2.19. The summed E-state index contributed by atoms with van der Waals surface area (Å²) in [5.74, 6) is 0.0891. The second-order valence-electron chi connectivity index (χ2n) is 7.72. The van der Waals surface area contributed by atoms with Crippen molar-refractivity contribution in [3.05, 3.63) is 47.8 Å². The van der Waals surface area contributed by atoms with E-state index in [0.29, 0.717) is 6.54 Å². The first-order chi connectivity index (χ1) is 13.6. The Hall–Kier alpha value is -1.66. The quantitative estimate of drug-likeness (QED) is 0.666. The van der Waals surface area contributed by atoms with Crippen LogP contribution in [0.5, 0.6) is 0 Å². The molecule has 5 nitrogen and oxygen atoms in total. The van der Waals surface area contributed by atoms with Gasteiger partial charge in [-0.2, -0.15) is 0 Å². The molecule has 28 heavy (non-hydrogen) atoms. The second kappa shape index (κ2) is 10.2. The van der Waals surface area contributed by atoms with E-state index >= 15 is 0 Å². The summed E-state index contributed by atoms with van der Waals surface area (Å²) in [6.07, 6.45) is 10.00. The molecule has 1 aliphatic rings. The number of hydrogen-bond acceptors (Lipinski definition) is 4. The molecule has 6 heteroatoms. The maximum absolute atomic E-state index is 12.6. The van der Waals surface area contributed by atoms with Gasteiger partial charge >= 0.3 is 0 Å². The third-order valence-electron chi connectivity index (χ3n) is 5.58. The highest BCUT2D eigenvalue weighted by Gasteiger charge is 2.22. The van der Waals surface area contributed by atoms with Crippen molar-refractivity contribution in [1.29, 1.82) is 0 Å². The SMILES string of the molecule is CCS(=O)(=O)c1ncc(CN2CCCCCCC2)n1CCCc1ccccc1. The Bertz CT molecular complexity index is 823. The molecule has 0 bridgehead atoms. The van der Waals surface area contributed by atoms with Gasteiger partial charge < -0.3 is 4.57 Å². The van der Waals surface area contributed by atoms with Gasteiger partial charge in [-0.15, -0.1) is 0 Å². The molecule has 3 rings (SSSR count). The summed E-state index contributed by atoms with van der Waals surface area (Å²) in [6.45, 7) is 5.34. The van der Waals surface area contributed by atoms with E-state index in [0.717, 1.165) is 38.2 Å². The van der Waals surface area contributed by atoms with E-state index in [-0.39, 0.29) is 10.9 Å². The highest BCUT2D eigenvalue weighted by molar-refractivity contribution is 7.91. The summed E-state index contributed by atoms with van der Waals surface area (Å²) < 4.78 is 27.1. The third-order valence-corrected chi connectivity index (χ3v) is 7.23. The molecule has 1 fully saturated rings. The van der Waals surface area contributed by atoms with E-state index in [1.165, 1.54) is 37.7 Å². The minimum atomic E-state index is -3.32. The fourth-order valence-corrected chi connectivity index (χ4v) is 4.94. The zero-order valence-electron chi connectivity index (χ0n) is 17.0. The van der Waals surface area contributed by atoms with Crippen LogP contribution in [0.4, 0.5) is 0 Å². The molecule has 154 valence electrons. The lowest BCUT2D eigenvalue weighted by Crippen LogP contribution is -2.28. The number of aromatic nitrogens is 2. The van der Waals surface area contributed by atoms with Crippen LogP contribution in [0.2, 0.25) is 0 Å². The van der Waals surface area contributed by atoms with Crippen LogP contribution in [0, 0.1) is 0 Å². The Balaban J connectivity index is 1.75. The minimum Gasteiger partial charge on any atom is -0.318 e. The topological polar surface area (TPSA) is 55.2 Å². The first-order valence-electron chi connectivity index (χ1n) is 10.6. The van der Waals surface area contributed by atoms with E-state index in [1.807, 2.05) is 22.8 Å². The highest BCUT2D eigenvalue weighted by atomic mass is 32.2. The molecule has 0 radical (unpaired) electrons. The number of imidazole rings is 1. The molecule has 1 saturated heterocycles. The molecular weight excluding hydrogens is 370 g/mol. The predicted molar refractivity (Wildman–Crippen MR) is 113 cm³/mol. The van der Waals surface area contributed by atoms with E-state index in [1.54, 1.807) is 13.1 Å². The molecule has 0 atom stereocenters. The zero-order valence-corrected chi connectivity index (χ0v) is 17.8. The lowest BCUT2D eigenvalue weighted by molar-refractivity contribution is 0.233. The van der Waals surface area contributed by atoms with Gasteiger partial charge in [-0.3, -0.25) is 4.90 Å². The maximum atomic E-state index is 12.6. The standard InChI is InChI=1S/C22H33N3O2S/c1-2-28(26,27)22-23-18-21(19-24-15-9-4-3-5-10-16-24)25(22)17-11-14-20-12-7-6-8-13-20/h6-8,12-13,18H,2-5,9-11,14-17,19H2,1H3. The summed E-state index contributed by atoms with van der Waals surface area (Å²) in [6, 6.07) is 10.4. The Morgan fingerprint density at radius 3 is 2.36 bits per heavy atom. The minimum absolute atomic E-state index is 0.0891. The Morgan fingerprint density at radius 2 is 1.68 bits per heavy atom. The number of aryl methyl sites for hydroxylation is 1. The molecule has 1 aromatic carbocycles.